The molecule has 0 radical (unpaired) electrons. The van der Waals surface area contributed by atoms with Crippen LogP contribution in [0.15, 0.2) is 87.5 Å². The van der Waals surface area contributed by atoms with E-state index in [1.165, 1.54) is 30.5 Å². The zero-order valence-electron chi connectivity index (χ0n) is 16.6. The minimum Gasteiger partial charge on any atom is -0.483 e. The van der Waals surface area contributed by atoms with Gasteiger partial charge in [0.25, 0.3) is 11.5 Å². The van der Waals surface area contributed by atoms with Crippen LogP contribution in [-0.4, -0.2) is 28.4 Å². The summed E-state index contributed by atoms with van der Waals surface area (Å²) in [6.45, 7) is -0.307. The highest BCUT2D eigenvalue weighted by molar-refractivity contribution is 5.92. The molecule has 9 heteroatoms. The molecule has 0 saturated heterocycles. The summed E-state index contributed by atoms with van der Waals surface area (Å²) in [7, 11) is 0. The Bertz CT molecular complexity index is 1420. The highest BCUT2D eigenvalue weighted by atomic mass is 19.1. The Hall–Kier alpha value is -4.53. The van der Waals surface area contributed by atoms with Crippen molar-refractivity contribution in [3.8, 4) is 5.75 Å². The molecule has 4 rings (SSSR count). The van der Waals surface area contributed by atoms with Crippen LogP contribution in [0.3, 0.4) is 0 Å². The standard InChI is InChI=1S/C23H17FN4O4/c24-16-9-11-17(12-10-16)26-21(29)14-32-20-8-4-1-5-15(20)13-25-28-22(30)18-6-2-3-7-19(18)27-23(28)31/h1-13H,14H2,(H,26,29)(H,27,31). The van der Waals surface area contributed by atoms with Gasteiger partial charge in [-0.2, -0.15) is 5.10 Å². The monoisotopic (exact) mass is 432 g/mol. The van der Waals surface area contributed by atoms with Gasteiger partial charge in [0.15, 0.2) is 6.61 Å². The predicted molar refractivity (Wildman–Crippen MR) is 119 cm³/mol. The molecule has 0 aliphatic rings. The number of benzene rings is 3. The molecule has 0 saturated carbocycles. The van der Waals surface area contributed by atoms with Gasteiger partial charge in [-0.15, -0.1) is 4.68 Å². The van der Waals surface area contributed by atoms with Crippen LogP contribution in [0, 0.1) is 5.82 Å². The summed E-state index contributed by atoms with van der Waals surface area (Å²) >= 11 is 0. The number of carbonyl (C=O) groups excluding carboxylic acids is 1. The van der Waals surface area contributed by atoms with Crippen molar-refractivity contribution in [3.63, 3.8) is 0 Å². The molecule has 0 unspecified atom stereocenters. The predicted octanol–water partition coefficient (Wildman–Crippen LogP) is 2.73. The quantitative estimate of drug-likeness (QED) is 0.457. The molecule has 8 nitrogen and oxygen atoms in total. The summed E-state index contributed by atoms with van der Waals surface area (Å²) < 4.78 is 19.3. The average molecular weight is 432 g/mol. The van der Waals surface area contributed by atoms with Crippen LogP contribution in [0.1, 0.15) is 5.56 Å². The number of nitrogens with zero attached hydrogens (tertiary/aromatic N) is 2. The third-order valence-corrected chi connectivity index (χ3v) is 4.50. The molecule has 1 aromatic heterocycles. The number of rotatable bonds is 6. The van der Waals surface area contributed by atoms with Crippen molar-refractivity contribution in [2.24, 2.45) is 5.10 Å². The van der Waals surface area contributed by atoms with E-state index < -0.39 is 23.0 Å². The first-order valence-electron chi connectivity index (χ1n) is 9.57. The molecule has 1 amide bonds. The number of aromatic nitrogens is 2. The topological polar surface area (TPSA) is 106 Å². The number of aromatic amines is 1. The lowest BCUT2D eigenvalue weighted by Crippen LogP contribution is -2.32. The maximum atomic E-state index is 13.0. The van der Waals surface area contributed by atoms with Crippen molar-refractivity contribution >= 4 is 28.7 Å². The SMILES string of the molecule is O=C(COc1ccccc1C=Nn1c(=O)[nH]c2ccccc2c1=O)Nc1ccc(F)cc1. The highest BCUT2D eigenvalue weighted by Crippen LogP contribution is 2.16. The van der Waals surface area contributed by atoms with E-state index in [1.807, 2.05) is 0 Å². The first-order chi connectivity index (χ1) is 15.5. The molecule has 4 aromatic rings. The van der Waals surface area contributed by atoms with Crippen molar-refractivity contribution in [3.05, 3.63) is 105 Å². The number of para-hydroxylation sites is 2. The van der Waals surface area contributed by atoms with E-state index in [0.717, 1.165) is 4.68 Å². The van der Waals surface area contributed by atoms with Crippen LogP contribution in [0.5, 0.6) is 5.75 Å². The van der Waals surface area contributed by atoms with Gasteiger partial charge in [0.2, 0.25) is 0 Å². The Balaban J connectivity index is 1.51. The number of nitrogens with one attached hydrogen (secondary N) is 2. The molecule has 0 aliphatic carbocycles. The molecule has 0 spiro atoms. The summed E-state index contributed by atoms with van der Waals surface area (Å²) in [4.78, 5) is 39.6. The van der Waals surface area contributed by atoms with Gasteiger partial charge in [-0.1, -0.05) is 24.3 Å². The molecule has 1 heterocycles. The van der Waals surface area contributed by atoms with Gasteiger partial charge < -0.3 is 15.0 Å². The first kappa shape index (κ1) is 20.7. The maximum Gasteiger partial charge on any atom is 0.349 e. The Morgan fingerprint density at radius 1 is 1.03 bits per heavy atom. The number of amides is 1. The second kappa shape index (κ2) is 9.09. The van der Waals surface area contributed by atoms with E-state index >= 15 is 0 Å². The van der Waals surface area contributed by atoms with Crippen LogP contribution in [0.25, 0.3) is 10.9 Å². The van der Waals surface area contributed by atoms with E-state index in [0.29, 0.717) is 27.9 Å². The van der Waals surface area contributed by atoms with Gasteiger partial charge in [0.1, 0.15) is 11.6 Å². The van der Waals surface area contributed by atoms with Crippen molar-refractivity contribution in [2.45, 2.75) is 0 Å². The summed E-state index contributed by atoms with van der Waals surface area (Å²) in [6, 6.07) is 18.7. The minimum absolute atomic E-state index is 0.307. The van der Waals surface area contributed by atoms with Crippen LogP contribution < -0.4 is 21.3 Å². The Morgan fingerprint density at radius 3 is 2.56 bits per heavy atom. The zero-order valence-corrected chi connectivity index (χ0v) is 16.6. The molecule has 0 bridgehead atoms. The fourth-order valence-corrected chi connectivity index (χ4v) is 2.97. The summed E-state index contributed by atoms with van der Waals surface area (Å²) in [5.74, 6) is -0.516. The Kier molecular flexibility index (Phi) is 5.89. The lowest BCUT2D eigenvalue weighted by atomic mass is 10.2. The highest BCUT2D eigenvalue weighted by Gasteiger charge is 2.08. The van der Waals surface area contributed by atoms with E-state index in [9.17, 15) is 18.8 Å². The normalized spacial score (nSPS) is 11.0. The zero-order chi connectivity index (χ0) is 22.5. The van der Waals surface area contributed by atoms with Crippen molar-refractivity contribution in [1.82, 2.24) is 9.66 Å². The first-order valence-corrected chi connectivity index (χ1v) is 9.57. The van der Waals surface area contributed by atoms with Crippen LogP contribution in [-0.2, 0) is 4.79 Å². The van der Waals surface area contributed by atoms with E-state index in [2.05, 4.69) is 15.4 Å². The molecule has 2 N–H and O–H groups in total. The van der Waals surface area contributed by atoms with Gasteiger partial charge in [-0.05, 0) is 48.5 Å². The van der Waals surface area contributed by atoms with Crippen LogP contribution in [0.4, 0.5) is 10.1 Å². The molecule has 32 heavy (non-hydrogen) atoms. The molecule has 3 aromatic carbocycles. The van der Waals surface area contributed by atoms with Crippen LogP contribution in [0.2, 0.25) is 0 Å². The third kappa shape index (κ3) is 4.62. The molecule has 0 fully saturated rings. The van der Waals surface area contributed by atoms with Gasteiger partial charge in [0.05, 0.1) is 17.1 Å². The lowest BCUT2D eigenvalue weighted by molar-refractivity contribution is -0.118. The number of ether oxygens (including phenoxy) is 1. The second-order valence-electron chi connectivity index (χ2n) is 6.72. The fourth-order valence-electron chi connectivity index (χ4n) is 2.97. The van der Waals surface area contributed by atoms with Gasteiger partial charge in [0, 0.05) is 11.3 Å². The van der Waals surface area contributed by atoms with Crippen molar-refractivity contribution < 1.29 is 13.9 Å². The number of halogens is 1. The van der Waals surface area contributed by atoms with E-state index in [-0.39, 0.29) is 6.61 Å². The molecule has 160 valence electrons. The number of hydrogen-bond acceptors (Lipinski definition) is 5. The molecule has 0 aliphatic heterocycles. The molecular formula is C23H17FN4O4. The van der Waals surface area contributed by atoms with E-state index in [4.69, 9.17) is 4.74 Å². The Morgan fingerprint density at radius 2 is 1.75 bits per heavy atom. The third-order valence-electron chi connectivity index (χ3n) is 4.50. The largest absolute Gasteiger partial charge is 0.483 e. The molecular weight excluding hydrogens is 415 g/mol. The number of hydrogen-bond donors (Lipinski definition) is 2. The molecule has 0 atom stereocenters. The van der Waals surface area contributed by atoms with Gasteiger partial charge in [-0.3, -0.25) is 9.59 Å². The number of H-pyrrole nitrogens is 1. The van der Waals surface area contributed by atoms with Gasteiger partial charge in [-0.25, -0.2) is 9.18 Å². The van der Waals surface area contributed by atoms with Crippen LogP contribution >= 0.6 is 0 Å². The van der Waals surface area contributed by atoms with Crippen molar-refractivity contribution in [2.75, 3.05) is 11.9 Å². The number of fused-ring (bicyclic) bond motifs is 1. The maximum absolute atomic E-state index is 13.0. The summed E-state index contributed by atoms with van der Waals surface area (Å²) in [6.07, 6.45) is 1.30. The van der Waals surface area contributed by atoms with Crippen molar-refractivity contribution in [1.29, 1.82) is 0 Å². The summed E-state index contributed by atoms with van der Waals surface area (Å²) in [5.41, 5.74) is 0.0795. The van der Waals surface area contributed by atoms with Gasteiger partial charge >= 0.3 is 5.69 Å². The second-order valence-corrected chi connectivity index (χ2v) is 6.72. The lowest BCUT2D eigenvalue weighted by Gasteiger charge is -2.09. The Labute approximate surface area is 180 Å². The minimum atomic E-state index is -0.679. The number of anilines is 1. The average Bonchev–Trinajstić information content (AvgIpc) is 2.80. The fraction of sp³-hybridized carbons (Fsp3) is 0.0435. The smallest absolute Gasteiger partial charge is 0.349 e. The summed E-state index contributed by atoms with van der Waals surface area (Å²) in [5, 5.41) is 6.93. The van der Waals surface area contributed by atoms with E-state index in [1.54, 1.807) is 48.5 Å². The number of carbonyl (C=O) groups is 1.